The van der Waals surface area contributed by atoms with Gasteiger partial charge >= 0.3 is 11.5 Å². The van der Waals surface area contributed by atoms with E-state index in [0.29, 0.717) is 24.0 Å². The number of ether oxygens (including phenoxy) is 1. The van der Waals surface area contributed by atoms with Crippen LogP contribution < -0.4 is 15.4 Å². The van der Waals surface area contributed by atoms with Crippen LogP contribution in [0.3, 0.4) is 0 Å². The van der Waals surface area contributed by atoms with Crippen molar-refractivity contribution in [2.24, 2.45) is 17.8 Å². The summed E-state index contributed by atoms with van der Waals surface area (Å²) in [5.41, 5.74) is -4.41. The van der Waals surface area contributed by atoms with Gasteiger partial charge in [0.2, 0.25) is 5.91 Å². The number of amides is 2. The van der Waals surface area contributed by atoms with Gasteiger partial charge in [0.25, 0.3) is 15.7 Å². The van der Waals surface area contributed by atoms with Crippen LogP contribution in [0.2, 0.25) is 0 Å². The number of hydrogen-bond donors (Lipinski definition) is 3. The first-order chi connectivity index (χ1) is 23.0. The van der Waals surface area contributed by atoms with E-state index in [4.69, 9.17) is 4.74 Å². The Kier molecular flexibility index (Phi) is 10.1. The number of carbonyl (C=O) groups excluding carboxylic acids is 2. The number of rotatable bonds is 11. The van der Waals surface area contributed by atoms with Gasteiger partial charge in [-0.2, -0.15) is 13.2 Å². The van der Waals surface area contributed by atoms with Crippen molar-refractivity contribution in [3.63, 3.8) is 0 Å². The van der Waals surface area contributed by atoms with E-state index in [2.05, 4.69) is 10.6 Å². The third-order valence-corrected chi connectivity index (χ3v) is 10.9. The van der Waals surface area contributed by atoms with Gasteiger partial charge in [-0.05, 0) is 87.0 Å². The maximum Gasteiger partial charge on any atom is 0.501 e. The molecular formula is C34H35F4N3O7S. The Hall–Kier alpha value is -4.50. The van der Waals surface area contributed by atoms with Gasteiger partial charge in [0.05, 0.1) is 23.5 Å². The summed E-state index contributed by atoms with van der Waals surface area (Å²) in [6.07, 6.45) is 2.27. The molecule has 2 fully saturated rings. The van der Waals surface area contributed by atoms with Crippen LogP contribution in [0.1, 0.15) is 35.2 Å². The molecule has 3 aromatic carbocycles. The van der Waals surface area contributed by atoms with Crippen molar-refractivity contribution in [3.05, 3.63) is 77.6 Å². The first kappa shape index (κ1) is 35.8. The van der Waals surface area contributed by atoms with E-state index in [1.54, 1.807) is 43.3 Å². The Morgan fingerprint density at radius 2 is 1.69 bits per heavy atom. The Morgan fingerprint density at radius 3 is 2.31 bits per heavy atom. The number of sulfone groups is 1. The fourth-order valence-corrected chi connectivity index (χ4v) is 7.67. The highest BCUT2D eigenvalue weighted by molar-refractivity contribution is 7.92. The van der Waals surface area contributed by atoms with Crippen LogP contribution in [0, 0.1) is 23.6 Å². The number of anilines is 1. The number of alkyl halides is 3. The maximum atomic E-state index is 15.3. The molecule has 0 radical (unpaired) electrons. The van der Waals surface area contributed by atoms with Crippen LogP contribution in [-0.2, 0) is 25.8 Å². The van der Waals surface area contributed by atoms with Crippen LogP contribution >= 0.6 is 0 Å². The molecule has 10 nitrogen and oxygen atoms in total. The predicted octanol–water partition coefficient (Wildman–Crippen LogP) is 5.14. The molecule has 49 heavy (non-hydrogen) atoms. The van der Waals surface area contributed by atoms with Crippen LogP contribution in [0.25, 0.3) is 11.1 Å². The van der Waals surface area contributed by atoms with Crippen molar-refractivity contribution in [1.82, 2.24) is 10.2 Å². The quantitative estimate of drug-likeness (QED) is 0.233. The maximum absolute atomic E-state index is 15.3. The van der Waals surface area contributed by atoms with E-state index in [-0.39, 0.29) is 40.8 Å². The zero-order chi connectivity index (χ0) is 35.8. The van der Waals surface area contributed by atoms with Crippen molar-refractivity contribution in [2.75, 3.05) is 26.5 Å². The second-order valence-electron chi connectivity index (χ2n) is 12.6. The molecule has 5 rings (SSSR count). The summed E-state index contributed by atoms with van der Waals surface area (Å²) in [7, 11) is -1.03. The minimum atomic E-state index is -5.64. The summed E-state index contributed by atoms with van der Waals surface area (Å²) in [5, 5.41) is 14.9. The largest absolute Gasteiger partial charge is 0.501 e. The molecule has 0 aromatic heterocycles. The summed E-state index contributed by atoms with van der Waals surface area (Å²) < 4.78 is 83.8. The molecule has 2 amide bonds. The summed E-state index contributed by atoms with van der Waals surface area (Å²) in [6, 6.07) is 11.5. The molecule has 15 heteroatoms. The van der Waals surface area contributed by atoms with E-state index >= 15 is 4.39 Å². The minimum Gasteiger partial charge on any atom is -0.496 e. The summed E-state index contributed by atoms with van der Waals surface area (Å²) in [4.78, 5) is 39.4. The molecule has 1 unspecified atom stereocenters. The minimum absolute atomic E-state index is 0.00788. The molecule has 2 bridgehead atoms. The molecule has 0 heterocycles. The van der Waals surface area contributed by atoms with Crippen LogP contribution in [-0.4, -0.2) is 75.0 Å². The van der Waals surface area contributed by atoms with Gasteiger partial charge in [0, 0.05) is 23.4 Å². The van der Waals surface area contributed by atoms with E-state index in [1.165, 1.54) is 19.2 Å². The highest BCUT2D eigenvalue weighted by Gasteiger charge is 2.52. The van der Waals surface area contributed by atoms with Gasteiger partial charge in [0.15, 0.2) is 0 Å². The SMILES string of the molecule is COc1cc(F)c(-c2ccc(CC(C(=O)O)N(C)C)cc2)cc1C(=O)N[C@@H]1[C@H]2CC[C@H](C2)[C@@H]1C(=O)Nc1cccc(S(=O)(=O)C(F)(F)F)c1. The lowest BCUT2D eigenvalue weighted by Crippen LogP contribution is -2.48. The number of carboxylic acid groups (broad SMARTS) is 1. The van der Waals surface area contributed by atoms with Gasteiger partial charge < -0.3 is 20.5 Å². The highest BCUT2D eigenvalue weighted by atomic mass is 32.2. The van der Waals surface area contributed by atoms with E-state index in [1.807, 2.05) is 0 Å². The molecule has 2 aliphatic carbocycles. The lowest BCUT2D eigenvalue weighted by Gasteiger charge is -2.31. The van der Waals surface area contributed by atoms with Gasteiger partial charge in [-0.1, -0.05) is 30.3 Å². The lowest BCUT2D eigenvalue weighted by atomic mass is 9.83. The number of aliphatic carboxylic acids is 1. The molecule has 3 aromatic rings. The van der Waals surface area contributed by atoms with Crippen molar-refractivity contribution in [2.45, 2.75) is 48.2 Å². The van der Waals surface area contributed by atoms with Crippen LogP contribution in [0.15, 0.2) is 65.6 Å². The summed E-state index contributed by atoms with van der Waals surface area (Å²) in [6.45, 7) is 0. The number of nitrogens with one attached hydrogen (secondary N) is 2. The number of carboxylic acids is 1. The lowest BCUT2D eigenvalue weighted by molar-refractivity contribution is -0.142. The fourth-order valence-electron chi connectivity index (χ4n) is 6.86. The number of fused-ring (bicyclic) bond motifs is 2. The molecule has 262 valence electrons. The van der Waals surface area contributed by atoms with Crippen molar-refractivity contribution in [3.8, 4) is 16.9 Å². The summed E-state index contributed by atoms with van der Waals surface area (Å²) in [5.74, 6) is -3.86. The van der Waals surface area contributed by atoms with E-state index < -0.39 is 61.8 Å². The first-order valence-corrected chi connectivity index (χ1v) is 16.9. The fraction of sp³-hybridized carbons (Fsp3) is 0.382. The average Bonchev–Trinajstić information content (AvgIpc) is 3.65. The average molecular weight is 706 g/mol. The molecular weight excluding hydrogens is 670 g/mol. The Labute approximate surface area is 280 Å². The van der Waals surface area contributed by atoms with Gasteiger partial charge in [-0.25, -0.2) is 12.8 Å². The van der Waals surface area contributed by atoms with Crippen molar-refractivity contribution < 1.29 is 50.2 Å². The third-order valence-electron chi connectivity index (χ3n) is 9.37. The van der Waals surface area contributed by atoms with Crippen molar-refractivity contribution in [1.29, 1.82) is 0 Å². The molecule has 0 aliphatic heterocycles. The van der Waals surface area contributed by atoms with Gasteiger partial charge in [-0.3, -0.25) is 19.3 Å². The zero-order valence-corrected chi connectivity index (χ0v) is 27.6. The Balaban J connectivity index is 1.37. The van der Waals surface area contributed by atoms with Crippen LogP contribution in [0.4, 0.5) is 23.2 Å². The number of carbonyl (C=O) groups is 3. The number of methoxy groups -OCH3 is 1. The molecule has 2 aliphatic rings. The second kappa shape index (κ2) is 13.8. The third kappa shape index (κ3) is 7.27. The second-order valence-corrected chi connectivity index (χ2v) is 14.5. The van der Waals surface area contributed by atoms with Gasteiger partial charge in [-0.15, -0.1) is 0 Å². The first-order valence-electron chi connectivity index (χ1n) is 15.4. The topological polar surface area (TPSA) is 142 Å². The van der Waals surface area contributed by atoms with E-state index in [9.17, 15) is 41.1 Å². The molecule has 2 saturated carbocycles. The Morgan fingerprint density at radius 1 is 1.02 bits per heavy atom. The number of likely N-dealkylation sites (N-methyl/N-ethyl adjacent to an activating group) is 1. The molecule has 0 spiro atoms. The zero-order valence-electron chi connectivity index (χ0n) is 26.8. The van der Waals surface area contributed by atoms with Crippen LogP contribution in [0.5, 0.6) is 5.75 Å². The summed E-state index contributed by atoms with van der Waals surface area (Å²) >= 11 is 0. The molecule has 0 saturated heterocycles. The molecule has 3 N–H and O–H groups in total. The monoisotopic (exact) mass is 705 g/mol. The van der Waals surface area contributed by atoms with E-state index in [0.717, 1.165) is 30.7 Å². The number of nitrogens with zero attached hydrogens (tertiary/aromatic N) is 1. The standard InChI is InChI=1S/C34H35F4N3O7S/c1-41(2)27(33(44)45)13-18-7-9-19(10-8-18)24-16-25(28(48-3)17-26(24)35)31(42)40-30-21-12-11-20(14-21)29(30)32(43)39-22-5-4-6-23(15-22)49(46,47)34(36,37)38/h4-10,15-17,20-21,27,29-30H,11-14H2,1-3H3,(H,39,43)(H,40,42)(H,44,45)/t20-,21+,27?,29+,30-/m1/s1. The van der Waals surface area contributed by atoms with Crippen molar-refractivity contribution >= 4 is 33.3 Å². The number of hydrogen-bond acceptors (Lipinski definition) is 7. The number of benzene rings is 3. The Bertz CT molecular complexity index is 1870. The normalized spacial score (nSPS) is 21.0. The smallest absolute Gasteiger partial charge is 0.496 e. The molecule has 5 atom stereocenters. The highest BCUT2D eigenvalue weighted by Crippen LogP contribution is 2.49. The predicted molar refractivity (Wildman–Crippen MR) is 171 cm³/mol. The number of halogens is 4. The van der Waals surface area contributed by atoms with Gasteiger partial charge in [0.1, 0.15) is 17.6 Å².